The second-order valence-corrected chi connectivity index (χ2v) is 19.1. The monoisotopic (exact) mass is 957 g/mol. The Hall–Kier alpha value is -4.85. The van der Waals surface area contributed by atoms with E-state index in [-0.39, 0.29) is 89.2 Å². The van der Waals surface area contributed by atoms with E-state index < -0.39 is 90.0 Å². The van der Waals surface area contributed by atoms with E-state index in [1.54, 1.807) is 12.1 Å². The van der Waals surface area contributed by atoms with Gasteiger partial charge in [0.05, 0.1) is 18.3 Å². The molecule has 382 valence electrons. The van der Waals surface area contributed by atoms with Gasteiger partial charge in [0.15, 0.2) is 0 Å². The van der Waals surface area contributed by atoms with Crippen LogP contribution in [0.25, 0.3) is 0 Å². The largest absolute Gasteiger partial charge is 0.508 e. The van der Waals surface area contributed by atoms with Crippen LogP contribution in [-0.2, 0) is 40.0 Å². The Morgan fingerprint density at radius 1 is 0.794 bits per heavy atom. The SMILES string of the molecule is CC[C@H](C)CCCCCCCCCCC(=O)N[C@H]1CCCNC(=O)[C@@H]2[C@@H](O)CCN2C(=O)[C@H](CCCN)NC(=O)[C@H](CCc2ccc(O)cc2)NC(=O)[C@@H]2C[C@@H](O)CN2C(=O)[C@H]([C@@H](C)O)NC1=O. The molecular formula is C49H80N8O11. The molecule has 0 bridgehead atoms. The Bertz CT molecular complexity index is 1800. The number of unbranched alkanes of at least 4 members (excludes halogenated alkanes) is 7. The van der Waals surface area contributed by atoms with Gasteiger partial charge in [-0.25, -0.2) is 0 Å². The fraction of sp³-hybridized carbons (Fsp3) is 0.735. The lowest BCUT2D eigenvalue weighted by Gasteiger charge is -2.32. The van der Waals surface area contributed by atoms with Crippen molar-refractivity contribution in [1.82, 2.24) is 36.4 Å². The Morgan fingerprint density at radius 3 is 2.12 bits per heavy atom. The zero-order valence-electron chi connectivity index (χ0n) is 40.5. The van der Waals surface area contributed by atoms with Crippen molar-refractivity contribution in [3.05, 3.63) is 29.8 Å². The number of aliphatic hydroxyl groups is 3. The summed E-state index contributed by atoms with van der Waals surface area (Å²) in [5.41, 5.74) is 6.54. The third-order valence-corrected chi connectivity index (χ3v) is 13.6. The number of amides is 7. The maximum Gasteiger partial charge on any atom is 0.248 e. The topological polar surface area (TPSA) is 293 Å². The van der Waals surface area contributed by atoms with E-state index >= 15 is 0 Å². The van der Waals surface area contributed by atoms with Gasteiger partial charge in [0.1, 0.15) is 42.0 Å². The molecule has 3 saturated heterocycles. The number of hydrogen-bond acceptors (Lipinski definition) is 12. The van der Waals surface area contributed by atoms with Crippen LogP contribution in [0.1, 0.15) is 142 Å². The van der Waals surface area contributed by atoms with Crippen molar-refractivity contribution in [2.75, 3.05) is 26.2 Å². The van der Waals surface area contributed by atoms with Gasteiger partial charge in [-0.3, -0.25) is 33.6 Å². The van der Waals surface area contributed by atoms with Crippen LogP contribution in [0.2, 0.25) is 0 Å². The zero-order chi connectivity index (χ0) is 49.8. The number of aliphatic hydroxyl groups excluding tert-OH is 3. The molecule has 0 saturated carbocycles. The molecule has 0 radical (unpaired) electrons. The number of carbonyl (C=O) groups is 7. The number of nitrogens with two attached hydrogens (primary N) is 1. The number of aromatic hydroxyl groups is 1. The predicted molar refractivity (Wildman–Crippen MR) is 254 cm³/mol. The summed E-state index contributed by atoms with van der Waals surface area (Å²) in [6.45, 7) is 5.63. The first-order chi connectivity index (χ1) is 32.5. The molecule has 0 spiro atoms. The van der Waals surface area contributed by atoms with Gasteiger partial charge in [-0.15, -0.1) is 0 Å². The van der Waals surface area contributed by atoms with Gasteiger partial charge in [0.25, 0.3) is 0 Å². The molecule has 3 fully saturated rings. The third-order valence-electron chi connectivity index (χ3n) is 13.6. The van der Waals surface area contributed by atoms with Crippen molar-refractivity contribution >= 4 is 41.4 Å². The first-order valence-corrected chi connectivity index (χ1v) is 25.2. The number of hydrogen-bond donors (Lipinski definition) is 10. The summed E-state index contributed by atoms with van der Waals surface area (Å²) in [6, 6.07) is -1.72. The second kappa shape index (κ2) is 28.6. The molecule has 1 aromatic carbocycles. The highest BCUT2D eigenvalue weighted by Crippen LogP contribution is 2.24. The van der Waals surface area contributed by atoms with E-state index in [0.29, 0.717) is 18.4 Å². The van der Waals surface area contributed by atoms with Gasteiger partial charge in [-0.1, -0.05) is 83.8 Å². The van der Waals surface area contributed by atoms with E-state index in [9.17, 15) is 54.0 Å². The molecule has 0 unspecified atom stereocenters. The first-order valence-electron chi connectivity index (χ1n) is 25.2. The van der Waals surface area contributed by atoms with Crippen LogP contribution in [0.3, 0.4) is 0 Å². The number of phenols is 1. The number of nitrogens with zero attached hydrogens (tertiary/aromatic N) is 2. The van der Waals surface area contributed by atoms with Crippen molar-refractivity contribution in [1.29, 1.82) is 0 Å². The summed E-state index contributed by atoms with van der Waals surface area (Å²) in [4.78, 5) is 100. The molecule has 1 aromatic rings. The van der Waals surface area contributed by atoms with E-state index in [1.165, 1.54) is 56.1 Å². The van der Waals surface area contributed by atoms with Crippen molar-refractivity contribution in [3.63, 3.8) is 0 Å². The summed E-state index contributed by atoms with van der Waals surface area (Å²) in [5.74, 6) is -4.12. The summed E-state index contributed by atoms with van der Waals surface area (Å²) in [6.07, 6.45) is 7.62. The van der Waals surface area contributed by atoms with Gasteiger partial charge in [-0.2, -0.15) is 0 Å². The van der Waals surface area contributed by atoms with Crippen LogP contribution in [0, 0.1) is 5.92 Å². The lowest BCUT2D eigenvalue weighted by atomic mass is 9.99. The number of rotatable bonds is 20. The van der Waals surface area contributed by atoms with Crippen LogP contribution in [0.5, 0.6) is 5.75 Å². The number of aryl methyl sites for hydroxylation is 1. The number of benzene rings is 1. The van der Waals surface area contributed by atoms with Gasteiger partial charge in [0.2, 0.25) is 41.4 Å². The van der Waals surface area contributed by atoms with Gasteiger partial charge in [-0.05, 0) is 88.4 Å². The van der Waals surface area contributed by atoms with E-state index in [0.717, 1.165) is 36.5 Å². The zero-order valence-corrected chi connectivity index (χ0v) is 40.5. The number of fused-ring (bicyclic) bond motifs is 2. The van der Waals surface area contributed by atoms with Crippen LogP contribution < -0.4 is 32.3 Å². The quantitative estimate of drug-likeness (QED) is 0.0825. The smallest absolute Gasteiger partial charge is 0.248 e. The molecule has 4 rings (SSSR count). The van der Waals surface area contributed by atoms with Crippen LogP contribution in [0.15, 0.2) is 24.3 Å². The molecule has 19 nitrogen and oxygen atoms in total. The summed E-state index contributed by atoms with van der Waals surface area (Å²) >= 11 is 0. The Morgan fingerprint density at radius 2 is 1.46 bits per heavy atom. The van der Waals surface area contributed by atoms with E-state index in [2.05, 4.69) is 40.4 Å². The molecule has 3 heterocycles. The highest BCUT2D eigenvalue weighted by molar-refractivity contribution is 5.98. The number of carbonyl (C=O) groups excluding carboxylic acids is 7. The lowest BCUT2D eigenvalue weighted by Crippen LogP contribution is -2.61. The van der Waals surface area contributed by atoms with Crippen LogP contribution in [0.4, 0.5) is 0 Å². The van der Waals surface area contributed by atoms with Crippen molar-refractivity contribution in [3.8, 4) is 5.75 Å². The fourth-order valence-corrected chi connectivity index (χ4v) is 9.23. The summed E-state index contributed by atoms with van der Waals surface area (Å²) in [7, 11) is 0. The van der Waals surface area contributed by atoms with Gasteiger partial charge in [0, 0.05) is 32.5 Å². The average Bonchev–Trinajstić information content (AvgIpc) is 3.91. The molecule has 0 aliphatic carbocycles. The number of phenolic OH excluding ortho intramolecular Hbond substituents is 1. The van der Waals surface area contributed by atoms with Gasteiger partial charge < -0.3 is 62.5 Å². The van der Waals surface area contributed by atoms with E-state index in [1.807, 2.05) is 0 Å². The molecule has 68 heavy (non-hydrogen) atoms. The lowest BCUT2D eigenvalue weighted by molar-refractivity contribution is -0.145. The van der Waals surface area contributed by atoms with Gasteiger partial charge >= 0.3 is 0 Å². The van der Waals surface area contributed by atoms with Crippen molar-refractivity contribution in [2.24, 2.45) is 11.7 Å². The molecule has 7 amide bonds. The van der Waals surface area contributed by atoms with Crippen LogP contribution in [-0.4, -0.2) is 152 Å². The standard InChI is InChI=1S/C49H80N8O11/c1-4-31(2)15-11-9-7-5-6-8-10-12-18-41(62)52-36-17-14-27-51-47(66)43-40(61)25-28-56(43)48(67)38(16-13-26-50)54-44(63)37(24-21-33-19-22-34(59)23-20-33)53-46(65)39-29-35(60)30-57(39)49(68)42(32(3)58)55-45(36)64/h19-20,22-23,31-32,35-40,42-43,58-61H,4-18,21,24-30,50H2,1-3H3,(H,51,66)(H,52,62)(H,53,65)(H,54,63)(H,55,64)/t31-,32+,35+,36-,37-,38-,39-,40-,42-,43-/m0/s1. The Labute approximate surface area is 401 Å². The number of nitrogens with one attached hydrogen (secondary N) is 5. The normalized spacial score (nSPS) is 26.7. The first kappa shape index (κ1) is 55.7. The highest BCUT2D eigenvalue weighted by atomic mass is 16.3. The fourth-order valence-electron chi connectivity index (χ4n) is 9.23. The minimum absolute atomic E-state index is 0.00232. The second-order valence-electron chi connectivity index (χ2n) is 19.1. The predicted octanol–water partition coefficient (Wildman–Crippen LogP) is 1.16. The molecule has 3 aliphatic rings. The molecule has 11 N–H and O–H groups in total. The molecule has 3 aliphatic heterocycles. The van der Waals surface area contributed by atoms with Crippen molar-refractivity contribution < 1.29 is 54.0 Å². The minimum atomic E-state index is -1.61. The van der Waals surface area contributed by atoms with Crippen molar-refractivity contribution in [2.45, 2.75) is 197 Å². The maximum atomic E-state index is 14.3. The summed E-state index contributed by atoms with van der Waals surface area (Å²) in [5, 5.41) is 56.1. The average molecular weight is 957 g/mol. The van der Waals surface area contributed by atoms with Crippen LogP contribution >= 0.6 is 0 Å². The third kappa shape index (κ3) is 17.3. The van der Waals surface area contributed by atoms with E-state index in [4.69, 9.17) is 5.73 Å². The molecular weight excluding hydrogens is 877 g/mol. The molecule has 19 heteroatoms. The Kier molecular flexibility index (Phi) is 23.4. The minimum Gasteiger partial charge on any atom is -0.508 e. The molecule has 10 atom stereocenters. The molecule has 0 aromatic heterocycles. The Balaban J connectivity index is 1.57. The highest BCUT2D eigenvalue weighted by Gasteiger charge is 2.46. The maximum absolute atomic E-state index is 14.3. The summed E-state index contributed by atoms with van der Waals surface area (Å²) < 4.78 is 0.